The van der Waals surface area contributed by atoms with E-state index in [1.807, 2.05) is 24.3 Å². The summed E-state index contributed by atoms with van der Waals surface area (Å²) in [6.45, 7) is 3.55. The highest BCUT2D eigenvalue weighted by Crippen LogP contribution is 2.16. The molecule has 0 radical (unpaired) electrons. The smallest absolute Gasteiger partial charge is 0.240 e. The molecule has 0 aliphatic heterocycles. The van der Waals surface area contributed by atoms with Crippen molar-refractivity contribution in [1.82, 2.24) is 4.72 Å². The molecule has 0 unspecified atom stereocenters. The van der Waals surface area contributed by atoms with Gasteiger partial charge in [0.2, 0.25) is 15.9 Å². The van der Waals surface area contributed by atoms with Gasteiger partial charge in [0.05, 0.1) is 4.90 Å². The highest BCUT2D eigenvalue weighted by molar-refractivity contribution is 9.10. The summed E-state index contributed by atoms with van der Waals surface area (Å²) < 4.78 is 27.6. The van der Waals surface area contributed by atoms with Gasteiger partial charge in [0.1, 0.15) is 0 Å². The summed E-state index contributed by atoms with van der Waals surface area (Å²) in [5, 5.41) is 2.84. The molecule has 2 rings (SSSR count). The number of benzene rings is 2. The zero-order valence-corrected chi connectivity index (χ0v) is 16.5. The van der Waals surface area contributed by atoms with Gasteiger partial charge in [0, 0.05) is 22.6 Å². The summed E-state index contributed by atoms with van der Waals surface area (Å²) in [7, 11) is -3.49. The minimum Gasteiger partial charge on any atom is -0.326 e. The Labute approximate surface area is 157 Å². The molecule has 2 aromatic rings. The molecule has 0 heterocycles. The fraction of sp³-hybridized carbons (Fsp3) is 0.278. The lowest BCUT2D eigenvalue weighted by Crippen LogP contribution is -2.30. The molecular formula is C18H21BrN2O3S. The van der Waals surface area contributed by atoms with Crippen LogP contribution in [0.2, 0.25) is 0 Å². The number of nitrogens with one attached hydrogen (secondary N) is 2. The molecule has 0 aromatic heterocycles. The van der Waals surface area contributed by atoms with Crippen LogP contribution in [0.3, 0.4) is 0 Å². The minimum atomic E-state index is -3.49. The van der Waals surface area contributed by atoms with Gasteiger partial charge in [-0.25, -0.2) is 13.1 Å². The van der Waals surface area contributed by atoms with Crippen molar-refractivity contribution in [2.45, 2.75) is 37.6 Å². The van der Waals surface area contributed by atoms with E-state index < -0.39 is 10.0 Å². The van der Waals surface area contributed by atoms with Crippen molar-refractivity contribution in [3.05, 3.63) is 58.6 Å². The van der Waals surface area contributed by atoms with Gasteiger partial charge >= 0.3 is 0 Å². The molecule has 134 valence electrons. The lowest BCUT2D eigenvalue weighted by molar-refractivity contribution is -0.116. The Bertz CT molecular complexity index is 834. The van der Waals surface area contributed by atoms with E-state index in [0.717, 1.165) is 15.7 Å². The van der Waals surface area contributed by atoms with E-state index in [-0.39, 0.29) is 16.8 Å². The maximum absolute atomic E-state index is 12.1. The normalized spacial score (nSPS) is 11.5. The number of rotatable bonds is 7. The molecular weight excluding hydrogens is 404 g/mol. The highest BCUT2D eigenvalue weighted by atomic mass is 79.9. The zero-order valence-electron chi connectivity index (χ0n) is 14.1. The molecule has 0 bridgehead atoms. The van der Waals surface area contributed by atoms with Gasteiger partial charge in [0.15, 0.2) is 0 Å². The van der Waals surface area contributed by atoms with E-state index in [9.17, 15) is 13.2 Å². The van der Waals surface area contributed by atoms with Crippen LogP contribution in [0.5, 0.6) is 0 Å². The van der Waals surface area contributed by atoms with Gasteiger partial charge in [-0.15, -0.1) is 0 Å². The molecule has 25 heavy (non-hydrogen) atoms. The molecule has 0 fully saturated rings. The number of hydrogen-bond acceptors (Lipinski definition) is 3. The molecule has 0 saturated heterocycles. The number of hydrogen-bond donors (Lipinski definition) is 2. The number of amides is 1. The van der Waals surface area contributed by atoms with Gasteiger partial charge in [-0.05, 0) is 56.2 Å². The second kappa shape index (κ2) is 8.60. The van der Waals surface area contributed by atoms with Crippen LogP contribution in [0.25, 0.3) is 0 Å². The van der Waals surface area contributed by atoms with Gasteiger partial charge in [-0.1, -0.05) is 34.1 Å². The van der Waals surface area contributed by atoms with Crippen LogP contribution in [0.15, 0.2) is 57.9 Å². The summed E-state index contributed by atoms with van der Waals surface area (Å²) in [6, 6.07) is 13.8. The summed E-state index contributed by atoms with van der Waals surface area (Å²) >= 11 is 3.36. The van der Waals surface area contributed by atoms with Crippen molar-refractivity contribution in [2.75, 3.05) is 5.32 Å². The first-order valence-electron chi connectivity index (χ1n) is 7.93. The Morgan fingerprint density at radius 2 is 1.80 bits per heavy atom. The second-order valence-electron chi connectivity index (χ2n) is 5.98. The largest absolute Gasteiger partial charge is 0.326 e. The molecule has 5 nitrogen and oxygen atoms in total. The standard InChI is InChI=1S/C18H21BrN2O3S/c1-13(2)21-25(23,24)17-9-6-14(7-10-17)8-11-18(22)20-16-5-3-4-15(19)12-16/h3-7,9-10,12-13,21H,8,11H2,1-2H3,(H,20,22). The molecule has 0 saturated carbocycles. The molecule has 0 aliphatic carbocycles. The number of sulfonamides is 1. The first-order chi connectivity index (χ1) is 11.8. The Morgan fingerprint density at radius 3 is 2.40 bits per heavy atom. The Morgan fingerprint density at radius 1 is 1.12 bits per heavy atom. The van der Waals surface area contributed by atoms with Crippen LogP contribution in [0.1, 0.15) is 25.8 Å². The van der Waals surface area contributed by atoms with Crippen molar-refractivity contribution in [3.63, 3.8) is 0 Å². The fourth-order valence-electron chi connectivity index (χ4n) is 2.26. The lowest BCUT2D eigenvalue weighted by Gasteiger charge is -2.10. The van der Waals surface area contributed by atoms with Crippen LogP contribution in [-0.2, 0) is 21.2 Å². The van der Waals surface area contributed by atoms with Crippen LogP contribution in [-0.4, -0.2) is 20.4 Å². The number of aryl methyl sites for hydroxylation is 1. The summed E-state index contributed by atoms with van der Waals surface area (Å²) in [4.78, 5) is 12.2. The summed E-state index contributed by atoms with van der Waals surface area (Å²) in [5.74, 6) is -0.0868. The first-order valence-corrected chi connectivity index (χ1v) is 10.2. The van der Waals surface area contributed by atoms with Crippen molar-refractivity contribution < 1.29 is 13.2 Å². The average molecular weight is 425 g/mol. The van der Waals surface area contributed by atoms with E-state index in [1.54, 1.807) is 38.1 Å². The third kappa shape index (κ3) is 6.26. The van der Waals surface area contributed by atoms with Crippen LogP contribution >= 0.6 is 15.9 Å². The Hall–Kier alpha value is -1.70. The first kappa shape index (κ1) is 19.6. The van der Waals surface area contributed by atoms with E-state index in [0.29, 0.717) is 12.8 Å². The lowest BCUT2D eigenvalue weighted by atomic mass is 10.1. The summed E-state index contributed by atoms with van der Waals surface area (Å²) in [5.41, 5.74) is 1.65. The molecule has 7 heteroatoms. The third-order valence-electron chi connectivity index (χ3n) is 3.37. The molecule has 1 amide bonds. The molecule has 2 aromatic carbocycles. The Balaban J connectivity index is 1.92. The number of carbonyl (C=O) groups excluding carboxylic acids is 1. The average Bonchev–Trinajstić information content (AvgIpc) is 2.52. The van der Waals surface area contributed by atoms with Crippen LogP contribution in [0.4, 0.5) is 5.69 Å². The number of halogens is 1. The summed E-state index contributed by atoms with van der Waals surface area (Å²) in [6.07, 6.45) is 0.862. The minimum absolute atomic E-state index is 0.0868. The van der Waals surface area contributed by atoms with Crippen molar-refractivity contribution in [1.29, 1.82) is 0 Å². The fourth-order valence-corrected chi connectivity index (χ4v) is 3.91. The van der Waals surface area contributed by atoms with Crippen molar-refractivity contribution in [3.8, 4) is 0 Å². The number of carbonyl (C=O) groups is 1. The van der Waals surface area contributed by atoms with Crippen LogP contribution < -0.4 is 10.0 Å². The third-order valence-corrected chi connectivity index (χ3v) is 5.54. The molecule has 0 spiro atoms. The quantitative estimate of drug-likeness (QED) is 0.710. The molecule has 0 atom stereocenters. The second-order valence-corrected chi connectivity index (χ2v) is 8.61. The van der Waals surface area contributed by atoms with Gasteiger partial charge in [-0.2, -0.15) is 0 Å². The topological polar surface area (TPSA) is 75.3 Å². The van der Waals surface area contributed by atoms with E-state index in [1.165, 1.54) is 0 Å². The van der Waals surface area contributed by atoms with Crippen molar-refractivity contribution >= 4 is 37.5 Å². The predicted molar refractivity (Wildman–Crippen MR) is 103 cm³/mol. The van der Waals surface area contributed by atoms with Crippen molar-refractivity contribution in [2.24, 2.45) is 0 Å². The van der Waals surface area contributed by atoms with E-state index >= 15 is 0 Å². The van der Waals surface area contributed by atoms with Gasteiger partial charge in [0.25, 0.3) is 0 Å². The monoisotopic (exact) mass is 424 g/mol. The maximum atomic E-state index is 12.1. The maximum Gasteiger partial charge on any atom is 0.240 e. The highest BCUT2D eigenvalue weighted by Gasteiger charge is 2.15. The predicted octanol–water partition coefficient (Wildman–Crippen LogP) is 3.71. The van der Waals surface area contributed by atoms with Gasteiger partial charge < -0.3 is 5.32 Å². The van der Waals surface area contributed by atoms with E-state index in [2.05, 4.69) is 26.0 Å². The van der Waals surface area contributed by atoms with Crippen LogP contribution in [0, 0.1) is 0 Å². The van der Waals surface area contributed by atoms with Gasteiger partial charge in [-0.3, -0.25) is 4.79 Å². The number of anilines is 1. The molecule has 0 aliphatic rings. The molecule has 2 N–H and O–H groups in total. The van der Waals surface area contributed by atoms with E-state index in [4.69, 9.17) is 0 Å². The SMILES string of the molecule is CC(C)NS(=O)(=O)c1ccc(CCC(=O)Nc2cccc(Br)c2)cc1. The Kier molecular flexibility index (Phi) is 6.75. The zero-order chi connectivity index (χ0) is 18.4.